The molecule has 110 valence electrons. The standard InChI is InChI=1S/C16H16ClFN2O/c17-14-10-12(18)6-7-13(14)16(21)20-9-8-15(19)11-4-2-1-3-5-11/h1-7,10,15H,8-9,19H2,(H,20,21). The summed E-state index contributed by atoms with van der Waals surface area (Å²) in [5, 5.41) is 2.83. The van der Waals surface area contributed by atoms with Crippen LogP contribution in [0, 0.1) is 5.82 Å². The third-order valence-corrected chi connectivity index (χ3v) is 3.46. The summed E-state index contributed by atoms with van der Waals surface area (Å²) in [6.07, 6.45) is 0.606. The molecule has 0 aromatic heterocycles. The number of amides is 1. The number of carbonyl (C=O) groups excluding carboxylic acids is 1. The Balaban J connectivity index is 1.87. The van der Waals surface area contributed by atoms with Gasteiger partial charge >= 0.3 is 0 Å². The lowest BCUT2D eigenvalue weighted by molar-refractivity contribution is 0.0952. The van der Waals surface area contributed by atoms with Crippen molar-refractivity contribution in [2.45, 2.75) is 12.5 Å². The molecule has 0 aliphatic carbocycles. The lowest BCUT2D eigenvalue weighted by Crippen LogP contribution is -2.27. The van der Waals surface area contributed by atoms with Crippen LogP contribution in [-0.2, 0) is 0 Å². The Kier molecular flexibility index (Phi) is 5.31. The van der Waals surface area contributed by atoms with E-state index in [0.29, 0.717) is 13.0 Å². The van der Waals surface area contributed by atoms with E-state index in [9.17, 15) is 9.18 Å². The molecule has 0 radical (unpaired) electrons. The average molecular weight is 307 g/mol. The van der Waals surface area contributed by atoms with Crippen LogP contribution < -0.4 is 11.1 Å². The summed E-state index contributed by atoms with van der Waals surface area (Å²) in [6, 6.07) is 13.2. The van der Waals surface area contributed by atoms with Gasteiger partial charge < -0.3 is 11.1 Å². The fourth-order valence-electron chi connectivity index (χ4n) is 1.98. The summed E-state index contributed by atoms with van der Waals surface area (Å²) in [7, 11) is 0. The first kappa shape index (κ1) is 15.5. The van der Waals surface area contributed by atoms with E-state index in [1.165, 1.54) is 12.1 Å². The fraction of sp³-hybridized carbons (Fsp3) is 0.188. The second kappa shape index (κ2) is 7.20. The van der Waals surface area contributed by atoms with Crippen molar-refractivity contribution in [3.63, 3.8) is 0 Å². The topological polar surface area (TPSA) is 55.1 Å². The number of nitrogens with two attached hydrogens (primary N) is 1. The third-order valence-electron chi connectivity index (χ3n) is 3.14. The first-order valence-corrected chi connectivity index (χ1v) is 6.99. The van der Waals surface area contributed by atoms with Crippen molar-refractivity contribution in [3.05, 3.63) is 70.5 Å². The molecule has 5 heteroatoms. The second-order valence-corrected chi connectivity index (χ2v) is 5.09. The molecule has 0 spiro atoms. The Morgan fingerprint density at radius 3 is 2.62 bits per heavy atom. The van der Waals surface area contributed by atoms with Crippen molar-refractivity contribution in [1.29, 1.82) is 0 Å². The van der Waals surface area contributed by atoms with Crippen LogP contribution in [-0.4, -0.2) is 12.5 Å². The first-order chi connectivity index (χ1) is 10.1. The number of halogens is 2. The molecule has 2 aromatic carbocycles. The van der Waals surface area contributed by atoms with Gasteiger partial charge in [0.05, 0.1) is 10.6 Å². The normalized spacial score (nSPS) is 12.0. The number of hydrogen-bond donors (Lipinski definition) is 2. The maximum absolute atomic E-state index is 12.9. The van der Waals surface area contributed by atoms with Gasteiger partial charge in [0.15, 0.2) is 0 Å². The predicted molar refractivity (Wildman–Crippen MR) is 81.7 cm³/mol. The average Bonchev–Trinajstić information content (AvgIpc) is 2.47. The number of nitrogens with one attached hydrogen (secondary N) is 1. The molecule has 0 saturated heterocycles. The van der Waals surface area contributed by atoms with Crippen molar-refractivity contribution >= 4 is 17.5 Å². The molecule has 3 nitrogen and oxygen atoms in total. The SMILES string of the molecule is NC(CCNC(=O)c1ccc(F)cc1Cl)c1ccccc1. The predicted octanol–water partition coefficient (Wildman–Crippen LogP) is 3.30. The maximum atomic E-state index is 12.9. The molecule has 3 N–H and O–H groups in total. The molecule has 0 aliphatic heterocycles. The monoisotopic (exact) mass is 306 g/mol. The van der Waals surface area contributed by atoms with Gasteiger partial charge in [0, 0.05) is 12.6 Å². The maximum Gasteiger partial charge on any atom is 0.252 e. The fourth-order valence-corrected chi connectivity index (χ4v) is 2.23. The lowest BCUT2D eigenvalue weighted by Gasteiger charge is -2.13. The van der Waals surface area contributed by atoms with E-state index in [1.54, 1.807) is 0 Å². The first-order valence-electron chi connectivity index (χ1n) is 6.61. The van der Waals surface area contributed by atoms with E-state index < -0.39 is 5.82 Å². The van der Waals surface area contributed by atoms with Crippen LogP contribution in [0.2, 0.25) is 5.02 Å². The molecule has 0 heterocycles. The molecule has 1 unspecified atom stereocenters. The molecular formula is C16H16ClFN2O. The van der Waals surface area contributed by atoms with Crippen molar-refractivity contribution in [1.82, 2.24) is 5.32 Å². The highest BCUT2D eigenvalue weighted by molar-refractivity contribution is 6.33. The Morgan fingerprint density at radius 1 is 1.24 bits per heavy atom. The van der Waals surface area contributed by atoms with Crippen LogP contribution in [0.3, 0.4) is 0 Å². The molecule has 0 fully saturated rings. The Labute approximate surface area is 127 Å². The number of benzene rings is 2. The Bertz CT molecular complexity index is 619. The number of rotatable bonds is 5. The van der Waals surface area contributed by atoms with Crippen LogP contribution in [0.5, 0.6) is 0 Å². The Morgan fingerprint density at radius 2 is 1.95 bits per heavy atom. The highest BCUT2D eigenvalue weighted by atomic mass is 35.5. The quantitative estimate of drug-likeness (QED) is 0.890. The minimum Gasteiger partial charge on any atom is -0.352 e. The van der Waals surface area contributed by atoms with Gasteiger partial charge in [0.1, 0.15) is 5.82 Å². The molecule has 2 aromatic rings. The van der Waals surface area contributed by atoms with E-state index in [-0.39, 0.29) is 22.5 Å². The van der Waals surface area contributed by atoms with E-state index in [1.807, 2.05) is 30.3 Å². The summed E-state index contributed by atoms with van der Waals surface area (Å²) in [4.78, 5) is 11.9. The molecule has 1 amide bonds. The van der Waals surface area contributed by atoms with Crippen LogP contribution in [0.4, 0.5) is 4.39 Å². The van der Waals surface area contributed by atoms with Gasteiger partial charge in [-0.2, -0.15) is 0 Å². The zero-order valence-electron chi connectivity index (χ0n) is 11.4. The number of hydrogen-bond acceptors (Lipinski definition) is 2. The molecule has 21 heavy (non-hydrogen) atoms. The minimum absolute atomic E-state index is 0.0971. The van der Waals surface area contributed by atoms with E-state index in [2.05, 4.69) is 5.32 Å². The zero-order valence-corrected chi connectivity index (χ0v) is 12.1. The van der Waals surface area contributed by atoms with Crippen LogP contribution in [0.25, 0.3) is 0 Å². The van der Waals surface area contributed by atoms with Gasteiger partial charge in [0.2, 0.25) is 0 Å². The second-order valence-electron chi connectivity index (χ2n) is 4.69. The van der Waals surface area contributed by atoms with Crippen LogP contribution in [0.15, 0.2) is 48.5 Å². The molecule has 2 rings (SSSR count). The van der Waals surface area contributed by atoms with E-state index >= 15 is 0 Å². The third kappa shape index (κ3) is 4.28. The smallest absolute Gasteiger partial charge is 0.252 e. The highest BCUT2D eigenvalue weighted by Gasteiger charge is 2.11. The highest BCUT2D eigenvalue weighted by Crippen LogP contribution is 2.17. The van der Waals surface area contributed by atoms with E-state index in [4.69, 9.17) is 17.3 Å². The van der Waals surface area contributed by atoms with Gasteiger partial charge in [-0.25, -0.2) is 4.39 Å². The zero-order chi connectivity index (χ0) is 15.2. The van der Waals surface area contributed by atoms with Gasteiger partial charge in [-0.15, -0.1) is 0 Å². The van der Waals surface area contributed by atoms with Gasteiger partial charge in [-0.1, -0.05) is 41.9 Å². The summed E-state index contributed by atoms with van der Waals surface area (Å²) >= 11 is 5.84. The molecular weight excluding hydrogens is 291 g/mol. The van der Waals surface area contributed by atoms with Gasteiger partial charge in [-0.05, 0) is 30.2 Å². The summed E-state index contributed by atoms with van der Waals surface area (Å²) in [5.41, 5.74) is 7.32. The lowest BCUT2D eigenvalue weighted by atomic mass is 10.1. The molecule has 0 aliphatic rings. The van der Waals surface area contributed by atoms with Crippen LogP contribution >= 0.6 is 11.6 Å². The molecule has 0 saturated carbocycles. The van der Waals surface area contributed by atoms with Crippen molar-refractivity contribution in [2.75, 3.05) is 6.54 Å². The van der Waals surface area contributed by atoms with Crippen molar-refractivity contribution in [3.8, 4) is 0 Å². The van der Waals surface area contributed by atoms with Crippen molar-refractivity contribution in [2.24, 2.45) is 5.73 Å². The Hall–Kier alpha value is -1.91. The van der Waals surface area contributed by atoms with Crippen molar-refractivity contribution < 1.29 is 9.18 Å². The van der Waals surface area contributed by atoms with Gasteiger partial charge in [0.25, 0.3) is 5.91 Å². The number of carbonyl (C=O) groups is 1. The molecule has 1 atom stereocenters. The summed E-state index contributed by atoms with van der Waals surface area (Å²) < 4.78 is 12.9. The van der Waals surface area contributed by atoms with E-state index in [0.717, 1.165) is 11.6 Å². The van der Waals surface area contributed by atoms with Gasteiger partial charge in [-0.3, -0.25) is 4.79 Å². The summed E-state index contributed by atoms with van der Waals surface area (Å²) in [6.45, 7) is 0.419. The minimum atomic E-state index is -0.470. The molecule has 0 bridgehead atoms. The largest absolute Gasteiger partial charge is 0.352 e. The van der Waals surface area contributed by atoms with Crippen LogP contribution in [0.1, 0.15) is 28.4 Å². The summed E-state index contributed by atoms with van der Waals surface area (Å²) in [5.74, 6) is -0.803.